The van der Waals surface area contributed by atoms with E-state index in [-0.39, 0.29) is 11.5 Å². The van der Waals surface area contributed by atoms with Crippen LogP contribution < -0.4 is 5.32 Å². The van der Waals surface area contributed by atoms with Gasteiger partial charge in [-0.1, -0.05) is 42.5 Å². The number of nitrogens with one attached hydrogen (secondary N) is 1. The van der Waals surface area contributed by atoms with Gasteiger partial charge >= 0.3 is 0 Å². The number of benzene rings is 3. The van der Waals surface area contributed by atoms with E-state index >= 15 is 0 Å². The highest BCUT2D eigenvalue weighted by Gasteiger charge is 2.20. The number of hydrogen-bond acceptors (Lipinski definition) is 6. The van der Waals surface area contributed by atoms with Crippen LogP contribution in [0.25, 0.3) is 11.1 Å². The molecule has 0 atom stereocenters. The van der Waals surface area contributed by atoms with Crippen molar-refractivity contribution in [3.8, 4) is 16.9 Å². The van der Waals surface area contributed by atoms with Crippen molar-refractivity contribution in [3.05, 3.63) is 83.4 Å². The number of likely N-dealkylation sites (tertiary alicyclic amines) is 1. The normalized spacial score (nSPS) is 14.1. The van der Waals surface area contributed by atoms with Crippen LogP contribution in [0, 0.1) is 0 Å². The zero-order valence-electron chi connectivity index (χ0n) is 21.7. The smallest absolute Gasteiger partial charge is 0.161 e. The molecular weight excluding hydrogens is 450 g/mol. The fourth-order valence-corrected chi connectivity index (χ4v) is 4.52. The fourth-order valence-electron chi connectivity index (χ4n) is 4.52. The molecule has 0 bridgehead atoms. The lowest BCUT2D eigenvalue weighted by molar-refractivity contribution is 0.101. The summed E-state index contributed by atoms with van der Waals surface area (Å²) < 4.78 is 0. The van der Waals surface area contributed by atoms with E-state index in [0.717, 1.165) is 47.6 Å². The standard InChI is InChI=1S/C15H22N2O2.C15H15NO/c1-16(2)14-5-7-17(8-6-14)10-12-3-4-15(19)13(9-12)11-18;1-11(17)14-9-8-13(10-15(14)16-2)12-6-4-3-5-7-12/h3-4,9,11,14,19H,5-8,10H2,1-2H3;3-10,16H,1-2H3. The highest BCUT2D eigenvalue weighted by atomic mass is 16.3. The van der Waals surface area contributed by atoms with Crippen molar-refractivity contribution in [1.82, 2.24) is 9.80 Å². The Morgan fingerprint density at radius 3 is 2.31 bits per heavy atom. The molecule has 1 saturated heterocycles. The van der Waals surface area contributed by atoms with Gasteiger partial charge in [0.25, 0.3) is 0 Å². The van der Waals surface area contributed by atoms with Crippen LogP contribution in [-0.4, -0.2) is 67.3 Å². The fraction of sp³-hybridized carbons (Fsp3) is 0.333. The van der Waals surface area contributed by atoms with Crippen molar-refractivity contribution < 1.29 is 14.7 Å². The minimum atomic E-state index is 0.0602. The van der Waals surface area contributed by atoms with E-state index in [0.29, 0.717) is 17.9 Å². The molecule has 3 aromatic rings. The second-order valence-corrected chi connectivity index (χ2v) is 9.41. The van der Waals surface area contributed by atoms with Crippen molar-refractivity contribution in [2.24, 2.45) is 0 Å². The van der Waals surface area contributed by atoms with Gasteiger partial charge in [0, 0.05) is 30.9 Å². The number of nitrogens with zero attached hydrogens (tertiary/aromatic N) is 2. The predicted octanol–water partition coefficient (Wildman–Crippen LogP) is 5.33. The molecule has 0 aromatic heterocycles. The summed E-state index contributed by atoms with van der Waals surface area (Å²) in [6.45, 7) is 4.60. The molecule has 0 radical (unpaired) electrons. The summed E-state index contributed by atoms with van der Waals surface area (Å²) in [5, 5.41) is 12.6. The lowest BCUT2D eigenvalue weighted by atomic mass is 10.0. The molecule has 0 amide bonds. The summed E-state index contributed by atoms with van der Waals surface area (Å²) >= 11 is 0. The van der Waals surface area contributed by atoms with Gasteiger partial charge in [0.05, 0.1) is 5.56 Å². The number of carbonyl (C=O) groups is 2. The lowest BCUT2D eigenvalue weighted by Gasteiger charge is -2.35. The van der Waals surface area contributed by atoms with E-state index in [2.05, 4.69) is 41.3 Å². The summed E-state index contributed by atoms with van der Waals surface area (Å²) in [4.78, 5) is 26.9. The number of piperidine rings is 1. The molecule has 0 unspecified atom stereocenters. The van der Waals surface area contributed by atoms with Gasteiger partial charge in [0.2, 0.25) is 0 Å². The first kappa shape index (κ1) is 27.1. The largest absolute Gasteiger partial charge is 0.507 e. The molecule has 1 fully saturated rings. The Hall–Kier alpha value is -3.48. The predicted molar refractivity (Wildman–Crippen MR) is 147 cm³/mol. The van der Waals surface area contributed by atoms with Crippen LogP contribution in [0.5, 0.6) is 5.75 Å². The van der Waals surface area contributed by atoms with E-state index in [1.165, 1.54) is 12.8 Å². The van der Waals surface area contributed by atoms with Crippen LogP contribution in [0.4, 0.5) is 5.69 Å². The van der Waals surface area contributed by atoms with Gasteiger partial charge in [-0.05, 0) is 87.9 Å². The maximum Gasteiger partial charge on any atom is 0.161 e. The van der Waals surface area contributed by atoms with E-state index in [9.17, 15) is 14.7 Å². The number of ketones is 1. The first-order valence-electron chi connectivity index (χ1n) is 12.4. The SMILES string of the molecule is CN(C)C1CCN(Cc2ccc(O)c(C=O)c2)CC1.CNc1cc(-c2ccccc2)ccc1C(C)=O. The Labute approximate surface area is 214 Å². The topological polar surface area (TPSA) is 72.9 Å². The van der Waals surface area contributed by atoms with Gasteiger partial charge in [-0.3, -0.25) is 14.5 Å². The average Bonchev–Trinajstić information content (AvgIpc) is 2.90. The molecule has 6 heteroatoms. The highest BCUT2D eigenvalue weighted by molar-refractivity contribution is 6.00. The third-order valence-corrected chi connectivity index (χ3v) is 6.69. The van der Waals surface area contributed by atoms with Crippen LogP contribution in [0.1, 0.15) is 46.0 Å². The van der Waals surface area contributed by atoms with Crippen LogP contribution >= 0.6 is 0 Å². The maximum atomic E-state index is 11.4. The van der Waals surface area contributed by atoms with Crippen molar-refractivity contribution in [1.29, 1.82) is 0 Å². The van der Waals surface area contributed by atoms with Gasteiger partial charge in [0.1, 0.15) is 5.75 Å². The average molecular weight is 488 g/mol. The molecule has 4 rings (SSSR count). The Balaban J connectivity index is 0.000000202. The molecule has 1 heterocycles. The van der Waals surface area contributed by atoms with E-state index < -0.39 is 0 Å². The quantitative estimate of drug-likeness (QED) is 0.347. The number of phenols is 1. The van der Waals surface area contributed by atoms with Crippen molar-refractivity contribution in [3.63, 3.8) is 0 Å². The molecule has 0 aliphatic carbocycles. The van der Waals surface area contributed by atoms with Crippen LogP contribution in [0.2, 0.25) is 0 Å². The molecule has 3 aromatic carbocycles. The molecule has 190 valence electrons. The van der Waals surface area contributed by atoms with Crippen LogP contribution in [0.3, 0.4) is 0 Å². The summed E-state index contributed by atoms with van der Waals surface area (Å²) in [5.74, 6) is 0.138. The molecule has 1 aliphatic rings. The van der Waals surface area contributed by atoms with Gasteiger partial charge in [0.15, 0.2) is 12.1 Å². The Kier molecular flexibility index (Phi) is 9.79. The number of anilines is 1. The molecule has 2 N–H and O–H groups in total. The van der Waals surface area contributed by atoms with Crippen molar-refractivity contribution in [2.75, 3.05) is 39.5 Å². The number of aromatic hydroxyl groups is 1. The van der Waals surface area contributed by atoms with E-state index in [1.807, 2.05) is 49.5 Å². The highest BCUT2D eigenvalue weighted by Crippen LogP contribution is 2.26. The summed E-state index contributed by atoms with van der Waals surface area (Å²) in [6, 6.07) is 21.9. The number of Topliss-reactive ketones (excluding diaryl/α,β-unsaturated/α-hetero) is 1. The Morgan fingerprint density at radius 1 is 1.03 bits per heavy atom. The zero-order valence-corrected chi connectivity index (χ0v) is 21.7. The van der Waals surface area contributed by atoms with Gasteiger partial charge in [-0.15, -0.1) is 0 Å². The third-order valence-electron chi connectivity index (χ3n) is 6.69. The van der Waals surface area contributed by atoms with E-state index in [4.69, 9.17) is 0 Å². The maximum absolute atomic E-state index is 11.4. The van der Waals surface area contributed by atoms with E-state index in [1.54, 1.807) is 19.1 Å². The second kappa shape index (κ2) is 13.0. The number of hydrogen-bond donors (Lipinski definition) is 2. The molecule has 1 aliphatic heterocycles. The number of rotatable bonds is 7. The third kappa shape index (κ3) is 7.26. The van der Waals surface area contributed by atoms with Gasteiger partial charge in [-0.25, -0.2) is 0 Å². The van der Waals surface area contributed by atoms with Gasteiger partial charge < -0.3 is 15.3 Å². The van der Waals surface area contributed by atoms with Crippen molar-refractivity contribution in [2.45, 2.75) is 32.4 Å². The molecular formula is C30H37N3O3. The molecule has 6 nitrogen and oxygen atoms in total. The first-order valence-corrected chi connectivity index (χ1v) is 12.4. The number of carbonyl (C=O) groups excluding carboxylic acids is 2. The summed E-state index contributed by atoms with van der Waals surface area (Å²) in [7, 11) is 6.10. The number of phenolic OH excluding ortho intramolecular Hbond substituents is 1. The molecule has 0 saturated carbocycles. The Morgan fingerprint density at radius 2 is 1.72 bits per heavy atom. The lowest BCUT2D eigenvalue weighted by Crippen LogP contribution is -2.41. The minimum Gasteiger partial charge on any atom is -0.507 e. The van der Waals surface area contributed by atoms with Crippen LogP contribution in [0.15, 0.2) is 66.7 Å². The van der Waals surface area contributed by atoms with Gasteiger partial charge in [-0.2, -0.15) is 0 Å². The zero-order chi connectivity index (χ0) is 26.1. The monoisotopic (exact) mass is 487 g/mol. The first-order chi connectivity index (χ1) is 17.3. The Bertz CT molecular complexity index is 1150. The van der Waals surface area contributed by atoms with Crippen molar-refractivity contribution >= 4 is 17.8 Å². The number of aldehydes is 1. The molecule has 0 spiro atoms. The summed E-state index contributed by atoms with van der Waals surface area (Å²) in [6.07, 6.45) is 3.08. The molecule has 36 heavy (non-hydrogen) atoms. The van der Waals surface area contributed by atoms with Crippen LogP contribution in [-0.2, 0) is 6.54 Å². The minimum absolute atomic E-state index is 0.0602. The summed E-state index contributed by atoms with van der Waals surface area (Å²) in [5.41, 5.74) is 5.33. The second-order valence-electron chi connectivity index (χ2n) is 9.41.